The summed E-state index contributed by atoms with van der Waals surface area (Å²) >= 11 is 5.87. The van der Waals surface area contributed by atoms with Crippen LogP contribution < -0.4 is 14.2 Å². The molecule has 30 heavy (non-hydrogen) atoms. The maximum Gasteiger partial charge on any atom is 0.263 e. The molecule has 1 aliphatic rings. The Balaban J connectivity index is 1.56. The summed E-state index contributed by atoms with van der Waals surface area (Å²) in [6.45, 7) is 3.52. The molecule has 1 heterocycles. The van der Waals surface area contributed by atoms with Gasteiger partial charge in [0, 0.05) is 36.8 Å². The van der Waals surface area contributed by atoms with E-state index >= 15 is 0 Å². The number of ether oxygens (including phenoxy) is 3. The molecule has 7 nitrogen and oxygen atoms in total. The van der Waals surface area contributed by atoms with Crippen LogP contribution in [0.1, 0.15) is 17.3 Å². The van der Waals surface area contributed by atoms with Gasteiger partial charge in [0.05, 0.1) is 14.2 Å². The molecule has 0 N–H and O–H groups in total. The molecule has 2 amide bonds. The minimum absolute atomic E-state index is 0.103. The SMILES string of the molecule is COc1ccc(C(=O)N2CCN(C(=O)C(C)Oc3ccc(Cl)cc3)CC2)cc1OC. The third-order valence-electron chi connectivity index (χ3n) is 4.98. The Labute approximate surface area is 181 Å². The van der Waals surface area contributed by atoms with Gasteiger partial charge in [-0.15, -0.1) is 0 Å². The third-order valence-corrected chi connectivity index (χ3v) is 5.24. The lowest BCUT2D eigenvalue weighted by Crippen LogP contribution is -2.53. The first kappa shape index (κ1) is 21.8. The number of carbonyl (C=O) groups is 2. The lowest BCUT2D eigenvalue weighted by Gasteiger charge is -2.36. The largest absolute Gasteiger partial charge is 0.493 e. The second-order valence-electron chi connectivity index (χ2n) is 6.90. The number of hydrogen-bond acceptors (Lipinski definition) is 5. The molecular weight excluding hydrogens is 408 g/mol. The molecular formula is C22H25ClN2O5. The molecule has 0 aromatic heterocycles. The molecule has 160 valence electrons. The fourth-order valence-electron chi connectivity index (χ4n) is 3.31. The van der Waals surface area contributed by atoms with E-state index in [1.807, 2.05) is 0 Å². The fraction of sp³-hybridized carbons (Fsp3) is 0.364. The number of nitrogens with zero attached hydrogens (tertiary/aromatic N) is 2. The average molecular weight is 433 g/mol. The monoisotopic (exact) mass is 432 g/mol. The normalized spacial score (nSPS) is 14.8. The first-order valence-corrected chi connectivity index (χ1v) is 10.0. The van der Waals surface area contributed by atoms with Gasteiger partial charge in [-0.25, -0.2) is 0 Å². The lowest BCUT2D eigenvalue weighted by atomic mass is 10.1. The number of methoxy groups -OCH3 is 2. The molecule has 3 rings (SSSR count). The highest BCUT2D eigenvalue weighted by atomic mass is 35.5. The van der Waals surface area contributed by atoms with Crippen molar-refractivity contribution in [3.8, 4) is 17.2 Å². The van der Waals surface area contributed by atoms with Crippen molar-refractivity contribution >= 4 is 23.4 Å². The maximum absolute atomic E-state index is 12.8. The van der Waals surface area contributed by atoms with Crippen LogP contribution in [0.4, 0.5) is 0 Å². The summed E-state index contributed by atoms with van der Waals surface area (Å²) in [5.41, 5.74) is 0.520. The van der Waals surface area contributed by atoms with Crippen LogP contribution in [0.5, 0.6) is 17.2 Å². The highest BCUT2D eigenvalue weighted by Gasteiger charge is 2.28. The summed E-state index contributed by atoms with van der Waals surface area (Å²) in [6.07, 6.45) is -0.626. The lowest BCUT2D eigenvalue weighted by molar-refractivity contribution is -0.139. The molecule has 1 atom stereocenters. The zero-order valence-corrected chi connectivity index (χ0v) is 18.0. The second kappa shape index (κ2) is 9.71. The van der Waals surface area contributed by atoms with Crippen LogP contribution >= 0.6 is 11.6 Å². The number of rotatable bonds is 6. The van der Waals surface area contributed by atoms with E-state index in [9.17, 15) is 9.59 Å². The Morgan fingerprint density at radius 1 is 0.900 bits per heavy atom. The van der Waals surface area contributed by atoms with Crippen LogP contribution in [0.3, 0.4) is 0 Å². The molecule has 0 saturated carbocycles. The van der Waals surface area contributed by atoms with Gasteiger partial charge in [-0.05, 0) is 49.4 Å². The summed E-state index contributed by atoms with van der Waals surface area (Å²) in [7, 11) is 3.08. The van der Waals surface area contributed by atoms with E-state index in [1.165, 1.54) is 7.11 Å². The van der Waals surface area contributed by atoms with Crippen molar-refractivity contribution in [3.63, 3.8) is 0 Å². The second-order valence-corrected chi connectivity index (χ2v) is 7.34. The maximum atomic E-state index is 12.8. The minimum Gasteiger partial charge on any atom is -0.493 e. The number of amides is 2. The molecule has 0 aliphatic carbocycles. The van der Waals surface area contributed by atoms with Crippen molar-refractivity contribution in [2.45, 2.75) is 13.0 Å². The zero-order chi connectivity index (χ0) is 21.7. The average Bonchev–Trinajstić information content (AvgIpc) is 2.79. The van der Waals surface area contributed by atoms with E-state index in [-0.39, 0.29) is 11.8 Å². The summed E-state index contributed by atoms with van der Waals surface area (Å²) in [5, 5.41) is 0.608. The Bertz CT molecular complexity index is 895. The highest BCUT2D eigenvalue weighted by Crippen LogP contribution is 2.28. The molecule has 1 fully saturated rings. The van der Waals surface area contributed by atoms with Crippen molar-refractivity contribution in [1.29, 1.82) is 0 Å². The van der Waals surface area contributed by atoms with Crippen molar-refractivity contribution in [1.82, 2.24) is 9.80 Å². The fourth-order valence-corrected chi connectivity index (χ4v) is 3.43. The van der Waals surface area contributed by atoms with Gasteiger partial charge in [0.25, 0.3) is 11.8 Å². The first-order valence-electron chi connectivity index (χ1n) is 9.65. The van der Waals surface area contributed by atoms with E-state index in [1.54, 1.807) is 66.3 Å². The summed E-state index contributed by atoms with van der Waals surface area (Å²) in [4.78, 5) is 29.0. The van der Waals surface area contributed by atoms with Crippen molar-refractivity contribution in [2.75, 3.05) is 40.4 Å². The van der Waals surface area contributed by atoms with Gasteiger partial charge in [0.15, 0.2) is 17.6 Å². The van der Waals surface area contributed by atoms with Gasteiger partial charge in [0.1, 0.15) is 5.75 Å². The quantitative estimate of drug-likeness (QED) is 0.701. The number of benzene rings is 2. The summed E-state index contributed by atoms with van der Waals surface area (Å²) < 4.78 is 16.2. The van der Waals surface area contributed by atoms with Crippen molar-refractivity contribution in [2.24, 2.45) is 0 Å². The van der Waals surface area contributed by atoms with E-state index in [4.69, 9.17) is 25.8 Å². The zero-order valence-electron chi connectivity index (χ0n) is 17.3. The van der Waals surface area contributed by atoms with Crippen LogP contribution in [0.15, 0.2) is 42.5 Å². The van der Waals surface area contributed by atoms with Gasteiger partial charge in [-0.2, -0.15) is 0 Å². The molecule has 1 saturated heterocycles. The van der Waals surface area contributed by atoms with Crippen LogP contribution in [0.2, 0.25) is 5.02 Å². The van der Waals surface area contributed by atoms with Crippen LogP contribution in [-0.2, 0) is 4.79 Å². The summed E-state index contributed by atoms with van der Waals surface area (Å²) in [6, 6.07) is 12.0. The standard InChI is InChI=1S/C22H25ClN2O5/c1-15(30-18-7-5-17(23)6-8-18)21(26)24-10-12-25(13-11-24)22(27)16-4-9-19(28-2)20(14-16)29-3/h4-9,14-15H,10-13H2,1-3H3. The molecule has 2 aromatic carbocycles. The predicted molar refractivity (Wildman–Crippen MR) is 114 cm³/mol. The molecule has 1 aliphatic heterocycles. The van der Waals surface area contributed by atoms with Gasteiger partial charge in [0.2, 0.25) is 0 Å². The Morgan fingerprint density at radius 3 is 2.10 bits per heavy atom. The minimum atomic E-state index is -0.626. The molecule has 0 radical (unpaired) electrons. The molecule has 8 heteroatoms. The third kappa shape index (κ3) is 4.97. The van der Waals surface area contributed by atoms with Crippen LogP contribution in [0, 0.1) is 0 Å². The van der Waals surface area contributed by atoms with Crippen LogP contribution in [0.25, 0.3) is 0 Å². The first-order chi connectivity index (χ1) is 14.4. The topological polar surface area (TPSA) is 68.3 Å². The van der Waals surface area contributed by atoms with Gasteiger partial charge < -0.3 is 24.0 Å². The highest BCUT2D eigenvalue weighted by molar-refractivity contribution is 6.30. The van der Waals surface area contributed by atoms with Crippen molar-refractivity contribution in [3.05, 3.63) is 53.1 Å². The Hall–Kier alpha value is -2.93. The number of carbonyl (C=O) groups excluding carboxylic acids is 2. The summed E-state index contributed by atoms with van der Waals surface area (Å²) in [5.74, 6) is 1.45. The predicted octanol–water partition coefficient (Wildman–Crippen LogP) is 3.11. The Kier molecular flexibility index (Phi) is 7.05. The molecule has 0 spiro atoms. The van der Waals surface area contributed by atoms with Gasteiger partial charge in [-0.1, -0.05) is 11.6 Å². The Morgan fingerprint density at radius 2 is 1.50 bits per heavy atom. The molecule has 1 unspecified atom stereocenters. The molecule has 2 aromatic rings. The van der Waals surface area contributed by atoms with Gasteiger partial charge in [-0.3, -0.25) is 9.59 Å². The van der Waals surface area contributed by atoms with E-state index < -0.39 is 6.10 Å². The number of piperazine rings is 1. The van der Waals surface area contributed by atoms with Gasteiger partial charge >= 0.3 is 0 Å². The van der Waals surface area contributed by atoms with E-state index in [2.05, 4.69) is 0 Å². The van der Waals surface area contributed by atoms with E-state index in [0.717, 1.165) is 0 Å². The van der Waals surface area contributed by atoms with Crippen LogP contribution in [-0.4, -0.2) is 68.1 Å². The van der Waals surface area contributed by atoms with E-state index in [0.29, 0.717) is 54.0 Å². The van der Waals surface area contributed by atoms with Crippen molar-refractivity contribution < 1.29 is 23.8 Å². The number of halogens is 1. The molecule has 0 bridgehead atoms. The smallest absolute Gasteiger partial charge is 0.263 e. The number of hydrogen-bond donors (Lipinski definition) is 0.